The number of halogens is 1. The molecular formula is C17H24ClNO3. The van der Waals surface area contributed by atoms with E-state index in [4.69, 9.17) is 16.7 Å². The number of hydrogen-bond acceptors (Lipinski definition) is 2. The Labute approximate surface area is 136 Å². The number of aliphatic carboxylic acids is 1. The van der Waals surface area contributed by atoms with Gasteiger partial charge < -0.3 is 10.4 Å². The first kappa shape index (κ1) is 18.5. The average Bonchev–Trinajstić information content (AvgIpc) is 2.49. The van der Waals surface area contributed by atoms with Crippen molar-refractivity contribution in [3.63, 3.8) is 0 Å². The number of carboxylic acid groups (broad SMARTS) is 1. The van der Waals surface area contributed by atoms with E-state index in [1.54, 1.807) is 26.0 Å². The van der Waals surface area contributed by atoms with Crippen molar-refractivity contribution in [1.82, 2.24) is 5.32 Å². The van der Waals surface area contributed by atoms with E-state index in [0.29, 0.717) is 17.9 Å². The van der Waals surface area contributed by atoms with Crippen LogP contribution in [0.2, 0.25) is 5.02 Å². The molecule has 122 valence electrons. The van der Waals surface area contributed by atoms with Crippen LogP contribution >= 0.6 is 11.6 Å². The molecule has 4 nitrogen and oxygen atoms in total. The largest absolute Gasteiger partial charge is 0.481 e. The van der Waals surface area contributed by atoms with Crippen molar-refractivity contribution in [1.29, 1.82) is 0 Å². The number of benzene rings is 1. The summed E-state index contributed by atoms with van der Waals surface area (Å²) in [5.74, 6) is -1.70. The van der Waals surface area contributed by atoms with Gasteiger partial charge in [0.2, 0.25) is 5.91 Å². The quantitative estimate of drug-likeness (QED) is 0.804. The molecule has 0 aliphatic heterocycles. The lowest BCUT2D eigenvalue weighted by Crippen LogP contribution is -2.49. The second-order valence-electron chi connectivity index (χ2n) is 5.69. The van der Waals surface area contributed by atoms with Crippen LogP contribution in [0.4, 0.5) is 0 Å². The van der Waals surface area contributed by atoms with Crippen LogP contribution in [0.5, 0.6) is 0 Å². The summed E-state index contributed by atoms with van der Waals surface area (Å²) in [5.41, 5.74) is 0.228. The zero-order chi connectivity index (χ0) is 16.9. The molecule has 0 radical (unpaired) electrons. The van der Waals surface area contributed by atoms with Gasteiger partial charge in [0.25, 0.3) is 0 Å². The second-order valence-corrected chi connectivity index (χ2v) is 6.12. The predicted octanol–water partition coefficient (Wildman–Crippen LogP) is 3.62. The van der Waals surface area contributed by atoms with Gasteiger partial charge in [-0.3, -0.25) is 9.59 Å². The van der Waals surface area contributed by atoms with Gasteiger partial charge >= 0.3 is 5.97 Å². The number of amides is 1. The van der Waals surface area contributed by atoms with Crippen molar-refractivity contribution in [3.05, 3.63) is 34.9 Å². The number of nitrogens with one attached hydrogen (secondary N) is 1. The van der Waals surface area contributed by atoms with E-state index in [1.807, 2.05) is 26.0 Å². The van der Waals surface area contributed by atoms with Crippen molar-refractivity contribution in [2.75, 3.05) is 0 Å². The number of carbonyl (C=O) groups excluding carboxylic acids is 1. The van der Waals surface area contributed by atoms with Gasteiger partial charge in [0, 0.05) is 11.1 Å². The first-order valence-corrected chi connectivity index (χ1v) is 7.96. The molecule has 0 aromatic heterocycles. The molecule has 0 heterocycles. The van der Waals surface area contributed by atoms with Gasteiger partial charge in [0.05, 0.1) is 11.3 Å². The third kappa shape index (κ3) is 3.80. The minimum atomic E-state index is -0.919. The lowest BCUT2D eigenvalue weighted by molar-refractivity contribution is -0.142. The Morgan fingerprint density at radius 1 is 1.18 bits per heavy atom. The van der Waals surface area contributed by atoms with Crippen molar-refractivity contribution in [2.45, 2.75) is 52.0 Å². The predicted molar refractivity (Wildman–Crippen MR) is 88.1 cm³/mol. The minimum absolute atomic E-state index is 0.138. The fraction of sp³-hybridized carbons (Fsp3) is 0.529. The first-order valence-electron chi connectivity index (χ1n) is 7.58. The summed E-state index contributed by atoms with van der Waals surface area (Å²) >= 11 is 5.92. The van der Waals surface area contributed by atoms with Crippen molar-refractivity contribution >= 4 is 23.5 Å². The highest BCUT2D eigenvalue weighted by molar-refractivity contribution is 6.30. The van der Waals surface area contributed by atoms with Crippen molar-refractivity contribution in [2.24, 2.45) is 5.92 Å². The van der Waals surface area contributed by atoms with Crippen LogP contribution in [-0.2, 0) is 15.0 Å². The highest BCUT2D eigenvalue weighted by Gasteiger charge is 2.38. The minimum Gasteiger partial charge on any atom is -0.481 e. The topological polar surface area (TPSA) is 66.4 Å². The average molecular weight is 326 g/mol. The molecule has 0 spiro atoms. The SMILES string of the molecule is CCC(CC)(C(=O)NC(C)C(C)C(=O)O)c1ccc(Cl)cc1. The van der Waals surface area contributed by atoms with Crippen LogP contribution in [0, 0.1) is 5.92 Å². The Bertz CT molecular complexity index is 523. The van der Waals surface area contributed by atoms with E-state index in [-0.39, 0.29) is 5.91 Å². The molecule has 2 N–H and O–H groups in total. The van der Waals surface area contributed by atoms with Crippen molar-refractivity contribution in [3.8, 4) is 0 Å². The molecule has 1 amide bonds. The standard InChI is InChI=1S/C17H24ClNO3/c1-5-17(6-2,13-7-9-14(18)10-8-13)16(22)19-12(4)11(3)15(20)21/h7-12H,5-6H2,1-4H3,(H,19,22)(H,20,21). The summed E-state index contributed by atoms with van der Waals surface area (Å²) in [6.45, 7) is 7.23. The fourth-order valence-electron chi connectivity index (χ4n) is 2.56. The summed E-state index contributed by atoms with van der Waals surface area (Å²) in [7, 11) is 0. The van der Waals surface area contributed by atoms with Gasteiger partial charge in [-0.15, -0.1) is 0 Å². The number of rotatable bonds is 7. The molecule has 0 saturated heterocycles. The molecule has 1 rings (SSSR count). The summed E-state index contributed by atoms with van der Waals surface area (Å²) in [4.78, 5) is 23.9. The molecule has 2 atom stereocenters. The third-order valence-electron chi connectivity index (χ3n) is 4.54. The van der Waals surface area contributed by atoms with E-state index in [2.05, 4.69) is 5.32 Å². The Hall–Kier alpha value is -1.55. The second kappa shape index (κ2) is 7.63. The molecule has 0 aliphatic carbocycles. The van der Waals surface area contributed by atoms with Gasteiger partial charge in [-0.25, -0.2) is 0 Å². The number of carboxylic acids is 1. The smallest absolute Gasteiger partial charge is 0.308 e. The highest BCUT2D eigenvalue weighted by Crippen LogP contribution is 2.33. The normalized spacial score (nSPS) is 14.2. The van der Waals surface area contributed by atoms with Gasteiger partial charge in [-0.2, -0.15) is 0 Å². The molecular weight excluding hydrogens is 302 g/mol. The summed E-state index contributed by atoms with van der Waals surface area (Å²) in [6, 6.07) is 6.83. The lowest BCUT2D eigenvalue weighted by atomic mass is 9.74. The van der Waals surface area contributed by atoms with Gasteiger partial charge in [0.1, 0.15) is 0 Å². The van der Waals surface area contributed by atoms with Gasteiger partial charge in [-0.05, 0) is 44.4 Å². The summed E-state index contributed by atoms with van der Waals surface area (Å²) < 4.78 is 0. The maximum Gasteiger partial charge on any atom is 0.308 e. The Balaban J connectivity index is 3.06. The fourth-order valence-corrected chi connectivity index (χ4v) is 2.69. The molecule has 2 unspecified atom stereocenters. The van der Waals surface area contributed by atoms with Crippen LogP contribution in [0.3, 0.4) is 0 Å². The van der Waals surface area contributed by atoms with Crippen molar-refractivity contribution < 1.29 is 14.7 Å². The lowest BCUT2D eigenvalue weighted by Gasteiger charge is -2.33. The van der Waals surface area contributed by atoms with Crippen LogP contribution in [-0.4, -0.2) is 23.0 Å². The Kier molecular flexibility index (Phi) is 6.42. The monoisotopic (exact) mass is 325 g/mol. The van der Waals surface area contributed by atoms with Crippen LogP contribution < -0.4 is 5.32 Å². The number of hydrogen-bond donors (Lipinski definition) is 2. The molecule has 5 heteroatoms. The van der Waals surface area contributed by atoms with E-state index >= 15 is 0 Å². The molecule has 0 fully saturated rings. The van der Waals surface area contributed by atoms with Crippen LogP contribution in [0.1, 0.15) is 46.1 Å². The van der Waals surface area contributed by atoms with Crippen LogP contribution in [0.25, 0.3) is 0 Å². The molecule has 22 heavy (non-hydrogen) atoms. The molecule has 1 aromatic rings. The maximum absolute atomic E-state index is 12.8. The highest BCUT2D eigenvalue weighted by atomic mass is 35.5. The van der Waals surface area contributed by atoms with Gasteiger partial charge in [-0.1, -0.05) is 37.6 Å². The Morgan fingerprint density at radius 3 is 2.09 bits per heavy atom. The van der Waals surface area contributed by atoms with E-state index in [9.17, 15) is 9.59 Å². The number of carbonyl (C=O) groups is 2. The van der Waals surface area contributed by atoms with E-state index < -0.39 is 23.3 Å². The zero-order valence-corrected chi connectivity index (χ0v) is 14.3. The maximum atomic E-state index is 12.8. The third-order valence-corrected chi connectivity index (χ3v) is 4.79. The van der Waals surface area contributed by atoms with Crippen LogP contribution in [0.15, 0.2) is 24.3 Å². The zero-order valence-electron chi connectivity index (χ0n) is 13.5. The molecule has 0 aliphatic rings. The molecule has 0 bridgehead atoms. The first-order chi connectivity index (χ1) is 10.3. The Morgan fingerprint density at radius 2 is 1.68 bits per heavy atom. The molecule has 1 aromatic carbocycles. The molecule has 0 saturated carbocycles. The van der Waals surface area contributed by atoms with Gasteiger partial charge in [0.15, 0.2) is 0 Å². The summed E-state index contributed by atoms with van der Waals surface area (Å²) in [5, 5.41) is 12.6. The summed E-state index contributed by atoms with van der Waals surface area (Å²) in [6.07, 6.45) is 1.26. The van der Waals surface area contributed by atoms with E-state index in [1.165, 1.54) is 0 Å². The van der Waals surface area contributed by atoms with E-state index in [0.717, 1.165) is 5.56 Å².